The second-order valence-electron chi connectivity index (χ2n) is 12.9. The number of aryl methyl sites for hydroxylation is 2. The maximum atomic E-state index is 12.5. The molecule has 2 aromatic carbocycles. The fraction of sp³-hybridized carbons (Fsp3) is 0.419. The molecule has 0 atom stereocenters. The molecule has 4 heterocycles. The van der Waals surface area contributed by atoms with Gasteiger partial charge in [-0.25, -0.2) is 4.79 Å². The van der Waals surface area contributed by atoms with Gasteiger partial charge in [-0.3, -0.25) is 14.5 Å². The van der Waals surface area contributed by atoms with E-state index < -0.39 is 5.60 Å². The van der Waals surface area contributed by atoms with Crippen molar-refractivity contribution in [3.8, 4) is 22.4 Å². The van der Waals surface area contributed by atoms with E-state index in [0.717, 1.165) is 81.4 Å². The van der Waals surface area contributed by atoms with E-state index in [1.54, 1.807) is 0 Å². The van der Waals surface area contributed by atoms with Crippen LogP contribution in [0.15, 0.2) is 36.7 Å². The van der Waals surface area contributed by atoms with Gasteiger partial charge in [0.1, 0.15) is 11.3 Å². The predicted octanol–water partition coefficient (Wildman–Crippen LogP) is 6.82. The topological polar surface area (TPSA) is 93.9 Å². The molecule has 5 aromatic rings. The molecule has 10 heteroatoms. The Morgan fingerprint density at radius 2 is 1.88 bits per heavy atom. The highest BCUT2D eigenvalue weighted by Gasteiger charge is 2.55. The van der Waals surface area contributed by atoms with Gasteiger partial charge in [0.25, 0.3) is 0 Å². The largest absolute Gasteiger partial charge is 0.444 e. The Labute approximate surface area is 243 Å². The summed E-state index contributed by atoms with van der Waals surface area (Å²) >= 11 is 7.06. The van der Waals surface area contributed by atoms with E-state index in [4.69, 9.17) is 21.4 Å². The highest BCUT2D eigenvalue weighted by Crippen LogP contribution is 2.55. The van der Waals surface area contributed by atoms with Gasteiger partial charge in [-0.05, 0) is 71.2 Å². The number of H-pyrrole nitrogens is 1. The maximum absolute atomic E-state index is 12.5. The van der Waals surface area contributed by atoms with Gasteiger partial charge >= 0.3 is 6.09 Å². The van der Waals surface area contributed by atoms with Gasteiger partial charge in [-0.15, -0.1) is 0 Å². The number of fused-ring (bicyclic) bond motifs is 2. The Balaban J connectivity index is 1.28. The third-order valence-corrected chi connectivity index (χ3v) is 9.16. The number of halogens is 1. The average Bonchev–Trinajstić information content (AvgIpc) is 3.55. The van der Waals surface area contributed by atoms with Crippen molar-refractivity contribution in [1.29, 1.82) is 0 Å². The van der Waals surface area contributed by atoms with Crippen LogP contribution in [0.1, 0.15) is 50.9 Å². The Kier molecular flexibility index (Phi) is 5.61. The summed E-state index contributed by atoms with van der Waals surface area (Å²) in [5.41, 5.74) is 7.61. The van der Waals surface area contributed by atoms with Gasteiger partial charge in [-0.2, -0.15) is 15.3 Å². The number of amides is 1. The molecule has 212 valence electrons. The number of aromatic nitrogens is 6. The van der Waals surface area contributed by atoms with Crippen LogP contribution in [0.5, 0.6) is 0 Å². The van der Waals surface area contributed by atoms with Crippen molar-refractivity contribution in [3.63, 3.8) is 0 Å². The van der Waals surface area contributed by atoms with Crippen molar-refractivity contribution in [1.82, 2.24) is 34.7 Å². The molecule has 1 N–H and O–H groups in total. The summed E-state index contributed by atoms with van der Waals surface area (Å²) in [5, 5.41) is 19.9. The van der Waals surface area contributed by atoms with Crippen LogP contribution in [0, 0.1) is 19.3 Å². The van der Waals surface area contributed by atoms with E-state index in [1.807, 2.05) is 62.8 Å². The van der Waals surface area contributed by atoms with Crippen LogP contribution in [-0.4, -0.2) is 59.4 Å². The van der Waals surface area contributed by atoms with Gasteiger partial charge in [0.05, 0.1) is 34.5 Å². The lowest BCUT2D eigenvalue weighted by atomic mass is 9.61. The van der Waals surface area contributed by atoms with E-state index in [9.17, 15) is 4.79 Å². The minimum atomic E-state index is -0.489. The van der Waals surface area contributed by atoms with E-state index in [0.29, 0.717) is 5.02 Å². The zero-order chi connectivity index (χ0) is 28.8. The van der Waals surface area contributed by atoms with Gasteiger partial charge in [0, 0.05) is 58.7 Å². The zero-order valence-corrected chi connectivity index (χ0v) is 25.0. The molecule has 2 aliphatic rings. The van der Waals surface area contributed by atoms with Crippen LogP contribution >= 0.6 is 11.6 Å². The van der Waals surface area contributed by atoms with Crippen molar-refractivity contribution < 1.29 is 9.53 Å². The lowest BCUT2D eigenvalue weighted by Gasteiger charge is -2.58. The summed E-state index contributed by atoms with van der Waals surface area (Å²) < 4.78 is 9.64. The Hall–Kier alpha value is -3.85. The monoisotopic (exact) mass is 571 g/mol. The Morgan fingerprint density at radius 3 is 2.61 bits per heavy atom. The number of aromatic amines is 1. The molecule has 1 saturated heterocycles. The second kappa shape index (κ2) is 8.82. The third-order valence-electron chi connectivity index (χ3n) is 8.67. The molecule has 1 aliphatic heterocycles. The first-order valence-corrected chi connectivity index (χ1v) is 14.4. The first-order chi connectivity index (χ1) is 19.4. The van der Waals surface area contributed by atoms with E-state index in [2.05, 4.69) is 45.1 Å². The fourth-order valence-electron chi connectivity index (χ4n) is 6.72. The van der Waals surface area contributed by atoms with Crippen LogP contribution in [0.4, 0.5) is 4.79 Å². The quantitative estimate of drug-likeness (QED) is 0.256. The van der Waals surface area contributed by atoms with Gasteiger partial charge in [0.2, 0.25) is 0 Å². The number of ether oxygens (including phenoxy) is 1. The van der Waals surface area contributed by atoms with Gasteiger partial charge in [-0.1, -0.05) is 17.7 Å². The summed E-state index contributed by atoms with van der Waals surface area (Å²) in [6.07, 6.45) is 5.45. The predicted molar refractivity (Wildman–Crippen MR) is 160 cm³/mol. The van der Waals surface area contributed by atoms with Crippen molar-refractivity contribution in [2.24, 2.45) is 12.5 Å². The van der Waals surface area contributed by atoms with E-state index in [1.165, 1.54) is 0 Å². The van der Waals surface area contributed by atoms with E-state index in [-0.39, 0.29) is 17.6 Å². The molecule has 0 radical (unpaired) electrons. The highest BCUT2D eigenvalue weighted by atomic mass is 35.5. The number of carbonyl (C=O) groups is 1. The van der Waals surface area contributed by atoms with Crippen LogP contribution in [0.2, 0.25) is 5.02 Å². The molecule has 3 aromatic heterocycles. The summed E-state index contributed by atoms with van der Waals surface area (Å²) in [7, 11) is 1.95. The molecule has 7 rings (SSSR count). The van der Waals surface area contributed by atoms with Crippen LogP contribution in [-0.2, 0) is 11.8 Å². The molecule has 0 bridgehead atoms. The number of likely N-dealkylation sites (tertiary alicyclic amines) is 1. The molecule has 1 spiro atoms. The van der Waals surface area contributed by atoms with E-state index >= 15 is 0 Å². The lowest BCUT2D eigenvalue weighted by Crippen LogP contribution is -2.64. The normalized spacial score (nSPS) is 16.9. The van der Waals surface area contributed by atoms with Crippen LogP contribution in [0.3, 0.4) is 0 Å². The molecule has 2 fully saturated rings. The summed E-state index contributed by atoms with van der Waals surface area (Å²) in [4.78, 5) is 14.4. The van der Waals surface area contributed by atoms with Crippen molar-refractivity contribution >= 4 is 39.5 Å². The second-order valence-corrected chi connectivity index (χ2v) is 13.3. The minimum Gasteiger partial charge on any atom is -0.444 e. The van der Waals surface area contributed by atoms with Gasteiger partial charge in [0.15, 0.2) is 0 Å². The molecule has 1 saturated carbocycles. The summed E-state index contributed by atoms with van der Waals surface area (Å²) in [5.74, 6) is 0. The van der Waals surface area contributed by atoms with Crippen LogP contribution in [0.25, 0.3) is 44.2 Å². The smallest absolute Gasteiger partial charge is 0.410 e. The molecular weight excluding hydrogens is 538 g/mol. The Bertz CT molecular complexity index is 1840. The van der Waals surface area contributed by atoms with Gasteiger partial charge < -0.3 is 9.64 Å². The first-order valence-electron chi connectivity index (χ1n) is 14.0. The molecule has 9 nitrogen and oxygen atoms in total. The summed E-state index contributed by atoms with van der Waals surface area (Å²) in [6, 6.07) is 8.65. The first kappa shape index (κ1) is 26.1. The standard InChI is InChI=1S/C31H34ClN7O2/c1-17-9-23-22(14-33-35-23)26(27(17)32)25-18(2)39(36-28(25)19-7-8-24-20(10-19)13-34-37(24)6)21-11-31(12-21)15-38(16-31)29(40)41-30(3,4)5/h7-10,13-14,21H,11-12,15-16H2,1-6H3,(H,33,35). The molecule has 1 aliphatic carbocycles. The SMILES string of the molecule is Cc1cc2[nH]ncc2c(-c2c(-c3ccc4c(cnn4C)c3)nn(C3CC4(C3)CN(C(=O)OC(C)(C)C)C4)c2C)c1Cl. The molecule has 41 heavy (non-hydrogen) atoms. The van der Waals surface area contributed by atoms with Crippen molar-refractivity contribution in [2.45, 2.75) is 59.1 Å². The number of hydrogen-bond acceptors (Lipinski definition) is 5. The number of rotatable bonds is 3. The van der Waals surface area contributed by atoms with Crippen LogP contribution < -0.4 is 0 Å². The Morgan fingerprint density at radius 1 is 1.12 bits per heavy atom. The zero-order valence-electron chi connectivity index (χ0n) is 24.2. The number of nitrogens with one attached hydrogen (secondary N) is 1. The number of nitrogens with zero attached hydrogens (tertiary/aromatic N) is 6. The number of carbonyl (C=O) groups excluding carboxylic acids is 1. The average molecular weight is 572 g/mol. The van der Waals surface area contributed by atoms with Crippen molar-refractivity contribution in [2.75, 3.05) is 13.1 Å². The van der Waals surface area contributed by atoms with Crippen molar-refractivity contribution in [3.05, 3.63) is 52.9 Å². The third kappa shape index (κ3) is 4.12. The lowest BCUT2D eigenvalue weighted by molar-refractivity contribution is -0.0930. The maximum Gasteiger partial charge on any atom is 0.410 e. The molecule has 1 amide bonds. The highest BCUT2D eigenvalue weighted by molar-refractivity contribution is 6.36. The minimum absolute atomic E-state index is 0.133. The number of hydrogen-bond donors (Lipinski definition) is 1. The molecular formula is C31H34ClN7O2. The molecule has 0 unspecified atom stereocenters. The summed E-state index contributed by atoms with van der Waals surface area (Å²) in [6.45, 7) is 11.3. The fourth-order valence-corrected chi connectivity index (χ4v) is 6.97. The number of benzene rings is 2.